The number of aliphatic hydroxyl groups excluding tert-OH is 1. The van der Waals surface area contributed by atoms with Gasteiger partial charge in [0.2, 0.25) is 0 Å². The monoisotopic (exact) mass is 324 g/mol. The predicted octanol–water partition coefficient (Wildman–Crippen LogP) is 3.87. The van der Waals surface area contributed by atoms with E-state index in [-0.39, 0.29) is 5.82 Å². The topological polar surface area (TPSA) is 29.5 Å². The van der Waals surface area contributed by atoms with E-state index in [9.17, 15) is 9.50 Å². The van der Waals surface area contributed by atoms with Gasteiger partial charge in [0.05, 0.1) is 17.7 Å². The summed E-state index contributed by atoms with van der Waals surface area (Å²) in [5, 5.41) is 10.2. The molecule has 0 spiro atoms. The molecule has 0 heterocycles. The maximum atomic E-state index is 13.4. The van der Waals surface area contributed by atoms with Crippen LogP contribution >= 0.6 is 15.9 Å². The molecule has 0 saturated heterocycles. The molecule has 0 fully saturated rings. The first-order valence-electron chi connectivity index (χ1n) is 5.86. The summed E-state index contributed by atoms with van der Waals surface area (Å²) >= 11 is 3.16. The van der Waals surface area contributed by atoms with Crippen LogP contribution < -0.4 is 4.74 Å². The molecule has 1 N–H and O–H groups in total. The molecule has 1 atom stereocenters. The highest BCUT2D eigenvalue weighted by Gasteiger charge is 2.14. The average molecular weight is 325 g/mol. The molecule has 0 amide bonds. The lowest BCUT2D eigenvalue weighted by atomic mass is 10.0. The molecular formula is C15H14BrFO2. The van der Waals surface area contributed by atoms with Crippen LogP contribution in [0, 0.1) is 5.82 Å². The minimum atomic E-state index is -0.766. The Hall–Kier alpha value is -1.39. The highest BCUT2D eigenvalue weighted by molar-refractivity contribution is 9.10. The van der Waals surface area contributed by atoms with Gasteiger partial charge < -0.3 is 9.84 Å². The van der Waals surface area contributed by atoms with E-state index >= 15 is 0 Å². The molecule has 1 unspecified atom stereocenters. The third kappa shape index (κ3) is 3.33. The SMILES string of the molecule is COc1cccc(CC(O)c2cccc(F)c2Br)c1. The standard InChI is InChI=1S/C15H14BrFO2/c1-19-11-5-2-4-10(8-11)9-14(18)12-6-3-7-13(17)15(12)16/h2-8,14,18H,9H2,1H3. The van der Waals surface area contributed by atoms with E-state index < -0.39 is 6.10 Å². The Bertz CT molecular complexity index is 572. The average Bonchev–Trinajstić information content (AvgIpc) is 2.42. The molecule has 2 aromatic carbocycles. The van der Waals surface area contributed by atoms with E-state index in [1.165, 1.54) is 6.07 Å². The van der Waals surface area contributed by atoms with E-state index in [0.717, 1.165) is 11.3 Å². The van der Waals surface area contributed by atoms with Crippen molar-refractivity contribution in [2.75, 3.05) is 7.11 Å². The molecule has 0 radical (unpaired) electrons. The van der Waals surface area contributed by atoms with Crippen LogP contribution in [0.25, 0.3) is 0 Å². The molecule has 0 saturated carbocycles. The fraction of sp³-hybridized carbons (Fsp3) is 0.200. The lowest BCUT2D eigenvalue weighted by Gasteiger charge is -2.14. The number of halogens is 2. The molecule has 0 aromatic heterocycles. The van der Waals surface area contributed by atoms with Crippen LogP contribution in [-0.2, 0) is 6.42 Å². The highest BCUT2D eigenvalue weighted by Crippen LogP contribution is 2.28. The Balaban J connectivity index is 2.20. The second kappa shape index (κ2) is 6.17. The Kier molecular flexibility index (Phi) is 4.56. The summed E-state index contributed by atoms with van der Waals surface area (Å²) in [6.45, 7) is 0. The number of benzene rings is 2. The first-order chi connectivity index (χ1) is 9.11. The second-order valence-electron chi connectivity index (χ2n) is 4.21. The van der Waals surface area contributed by atoms with Gasteiger partial charge in [0.15, 0.2) is 0 Å². The largest absolute Gasteiger partial charge is 0.497 e. The van der Waals surface area contributed by atoms with E-state index in [2.05, 4.69) is 15.9 Å². The number of methoxy groups -OCH3 is 1. The van der Waals surface area contributed by atoms with Crippen LogP contribution in [0.1, 0.15) is 17.2 Å². The zero-order chi connectivity index (χ0) is 13.8. The van der Waals surface area contributed by atoms with E-state index in [1.54, 1.807) is 19.2 Å². The molecule has 0 aliphatic heterocycles. The quantitative estimate of drug-likeness (QED) is 0.925. The minimum absolute atomic E-state index is 0.311. The van der Waals surface area contributed by atoms with E-state index in [1.807, 2.05) is 24.3 Å². The summed E-state index contributed by atoms with van der Waals surface area (Å²) in [6.07, 6.45) is -0.364. The first-order valence-corrected chi connectivity index (χ1v) is 6.66. The molecule has 0 bridgehead atoms. The van der Waals surface area contributed by atoms with Crippen molar-refractivity contribution < 1.29 is 14.2 Å². The number of rotatable bonds is 4. The minimum Gasteiger partial charge on any atom is -0.497 e. The lowest BCUT2D eigenvalue weighted by Crippen LogP contribution is -2.03. The second-order valence-corrected chi connectivity index (χ2v) is 5.01. The normalized spacial score (nSPS) is 12.2. The molecule has 2 aromatic rings. The van der Waals surface area contributed by atoms with Crippen LogP contribution in [0.15, 0.2) is 46.9 Å². The summed E-state index contributed by atoms with van der Waals surface area (Å²) in [4.78, 5) is 0. The van der Waals surface area contributed by atoms with Crippen LogP contribution in [0.2, 0.25) is 0 Å². The number of hydrogen-bond donors (Lipinski definition) is 1. The fourth-order valence-corrected chi connectivity index (χ4v) is 2.44. The predicted molar refractivity (Wildman–Crippen MR) is 75.8 cm³/mol. The van der Waals surface area contributed by atoms with Crippen LogP contribution in [-0.4, -0.2) is 12.2 Å². The van der Waals surface area contributed by atoms with Crippen molar-refractivity contribution in [2.24, 2.45) is 0 Å². The maximum absolute atomic E-state index is 13.4. The van der Waals surface area contributed by atoms with Gasteiger partial charge in [0, 0.05) is 6.42 Å². The van der Waals surface area contributed by atoms with Gasteiger partial charge in [-0.15, -0.1) is 0 Å². The van der Waals surface area contributed by atoms with Gasteiger partial charge in [0.25, 0.3) is 0 Å². The lowest BCUT2D eigenvalue weighted by molar-refractivity contribution is 0.177. The summed E-state index contributed by atoms with van der Waals surface area (Å²) < 4.78 is 18.9. The molecular weight excluding hydrogens is 311 g/mol. The summed E-state index contributed by atoms with van der Waals surface area (Å²) in [5.74, 6) is 0.366. The number of ether oxygens (including phenoxy) is 1. The summed E-state index contributed by atoms with van der Waals surface area (Å²) in [6, 6.07) is 12.1. The zero-order valence-electron chi connectivity index (χ0n) is 10.4. The van der Waals surface area contributed by atoms with Gasteiger partial charge in [0.1, 0.15) is 11.6 Å². The Morgan fingerprint density at radius 1 is 1.26 bits per heavy atom. The van der Waals surface area contributed by atoms with Gasteiger partial charge in [-0.25, -0.2) is 4.39 Å². The van der Waals surface area contributed by atoms with Gasteiger partial charge in [-0.05, 0) is 45.3 Å². The van der Waals surface area contributed by atoms with Crippen molar-refractivity contribution in [3.05, 3.63) is 63.9 Å². The van der Waals surface area contributed by atoms with Gasteiger partial charge in [-0.3, -0.25) is 0 Å². The van der Waals surface area contributed by atoms with Crippen molar-refractivity contribution in [1.82, 2.24) is 0 Å². The molecule has 19 heavy (non-hydrogen) atoms. The molecule has 0 aliphatic carbocycles. The Labute approximate surface area is 120 Å². The van der Waals surface area contributed by atoms with Crippen molar-refractivity contribution in [1.29, 1.82) is 0 Å². The van der Waals surface area contributed by atoms with Crippen molar-refractivity contribution >= 4 is 15.9 Å². The van der Waals surface area contributed by atoms with Crippen LogP contribution in [0.3, 0.4) is 0 Å². The maximum Gasteiger partial charge on any atom is 0.137 e. The van der Waals surface area contributed by atoms with E-state index in [0.29, 0.717) is 16.5 Å². The van der Waals surface area contributed by atoms with Crippen LogP contribution in [0.5, 0.6) is 5.75 Å². The summed E-state index contributed by atoms with van der Waals surface area (Å²) in [5.41, 5.74) is 1.48. The highest BCUT2D eigenvalue weighted by atomic mass is 79.9. The van der Waals surface area contributed by atoms with Gasteiger partial charge in [-0.2, -0.15) is 0 Å². The van der Waals surface area contributed by atoms with Crippen molar-refractivity contribution in [2.45, 2.75) is 12.5 Å². The smallest absolute Gasteiger partial charge is 0.137 e. The summed E-state index contributed by atoms with van der Waals surface area (Å²) in [7, 11) is 1.60. The Morgan fingerprint density at radius 3 is 2.74 bits per heavy atom. The fourth-order valence-electron chi connectivity index (χ4n) is 1.91. The molecule has 2 rings (SSSR count). The van der Waals surface area contributed by atoms with Crippen molar-refractivity contribution in [3.8, 4) is 5.75 Å². The molecule has 2 nitrogen and oxygen atoms in total. The van der Waals surface area contributed by atoms with Gasteiger partial charge in [-0.1, -0.05) is 24.3 Å². The Morgan fingerprint density at radius 2 is 2.00 bits per heavy atom. The number of aliphatic hydroxyl groups is 1. The third-order valence-corrected chi connectivity index (χ3v) is 3.74. The zero-order valence-corrected chi connectivity index (χ0v) is 12.0. The van der Waals surface area contributed by atoms with Gasteiger partial charge >= 0.3 is 0 Å². The third-order valence-electron chi connectivity index (χ3n) is 2.90. The van der Waals surface area contributed by atoms with Crippen molar-refractivity contribution in [3.63, 3.8) is 0 Å². The molecule has 4 heteroatoms. The van der Waals surface area contributed by atoms with E-state index in [4.69, 9.17) is 4.74 Å². The molecule has 0 aliphatic rings. The molecule has 100 valence electrons. The first kappa shape index (κ1) is 14.0. The van der Waals surface area contributed by atoms with Crippen LogP contribution in [0.4, 0.5) is 4.39 Å². The number of hydrogen-bond acceptors (Lipinski definition) is 2.